The molecule has 0 amide bonds. The lowest BCUT2D eigenvalue weighted by atomic mass is 9.98. The topological polar surface area (TPSA) is 72.3 Å². The highest BCUT2D eigenvalue weighted by molar-refractivity contribution is 4.84. The van der Waals surface area contributed by atoms with Crippen LogP contribution in [0.15, 0.2) is 0 Å². The molecule has 2 atom stereocenters. The second-order valence-corrected chi connectivity index (χ2v) is 3.55. The van der Waals surface area contributed by atoms with E-state index in [-0.39, 0.29) is 6.42 Å². The molecule has 86 valence electrons. The minimum absolute atomic E-state index is 0.327. The zero-order valence-electron chi connectivity index (χ0n) is 8.55. The van der Waals surface area contributed by atoms with Gasteiger partial charge in [-0.3, -0.25) is 0 Å². The fraction of sp³-hybridized carbons (Fsp3) is 1.00. The number of aliphatic hydroxyl groups is 1. The minimum atomic E-state index is -3.08. The van der Waals surface area contributed by atoms with Crippen LogP contribution in [0.5, 0.6) is 0 Å². The smallest absolute Gasteiger partial charge is 0.274 e. The maximum absolute atomic E-state index is 13.1. The van der Waals surface area contributed by atoms with Gasteiger partial charge in [-0.1, -0.05) is 13.3 Å². The van der Waals surface area contributed by atoms with Gasteiger partial charge in [0, 0.05) is 12.5 Å². The zero-order chi connectivity index (χ0) is 11.2. The van der Waals surface area contributed by atoms with Crippen LogP contribution in [0.4, 0.5) is 8.78 Å². The van der Waals surface area contributed by atoms with Crippen LogP contribution in [0.3, 0.4) is 0 Å². The summed E-state index contributed by atoms with van der Waals surface area (Å²) in [6.45, 7) is 2.05. The standard InChI is InChI=1S/C9H20F2N2O/c1-2-5-9(10,11)8(14)7(13)4-3-6-12/h7-8,14H,2-6,12-13H2,1H3. The molecular weight excluding hydrogens is 190 g/mol. The van der Waals surface area contributed by atoms with Gasteiger partial charge in [0.15, 0.2) is 0 Å². The molecule has 0 aliphatic carbocycles. The molecule has 0 aliphatic heterocycles. The Kier molecular flexibility index (Phi) is 6.15. The van der Waals surface area contributed by atoms with Crippen LogP contribution in [0, 0.1) is 0 Å². The summed E-state index contributed by atoms with van der Waals surface area (Å²) < 4.78 is 26.3. The van der Waals surface area contributed by atoms with Gasteiger partial charge in [0.1, 0.15) is 6.10 Å². The maximum Gasteiger partial charge on any atom is 0.274 e. The quantitative estimate of drug-likeness (QED) is 0.583. The van der Waals surface area contributed by atoms with Crippen LogP contribution in [-0.4, -0.2) is 29.7 Å². The third kappa shape index (κ3) is 4.30. The van der Waals surface area contributed by atoms with Crippen LogP contribution < -0.4 is 11.5 Å². The zero-order valence-corrected chi connectivity index (χ0v) is 8.55. The summed E-state index contributed by atoms with van der Waals surface area (Å²) in [6, 6.07) is -0.889. The van der Waals surface area contributed by atoms with Gasteiger partial charge in [0.2, 0.25) is 0 Å². The molecule has 3 nitrogen and oxygen atoms in total. The van der Waals surface area contributed by atoms with Gasteiger partial charge in [-0.05, 0) is 19.4 Å². The summed E-state index contributed by atoms with van der Waals surface area (Å²) in [5, 5.41) is 9.29. The monoisotopic (exact) mass is 210 g/mol. The van der Waals surface area contributed by atoms with E-state index in [0.717, 1.165) is 0 Å². The fourth-order valence-corrected chi connectivity index (χ4v) is 1.31. The number of halogens is 2. The normalized spacial score (nSPS) is 16.7. The van der Waals surface area contributed by atoms with Crippen LogP contribution in [0.2, 0.25) is 0 Å². The molecule has 0 spiro atoms. The van der Waals surface area contributed by atoms with Gasteiger partial charge in [-0.15, -0.1) is 0 Å². The molecule has 5 heteroatoms. The van der Waals surface area contributed by atoms with Gasteiger partial charge < -0.3 is 16.6 Å². The summed E-state index contributed by atoms with van der Waals surface area (Å²) in [7, 11) is 0. The SMILES string of the molecule is CCCC(F)(F)C(O)C(N)CCCN. The Bertz CT molecular complexity index is 156. The number of rotatable bonds is 7. The third-order valence-corrected chi connectivity index (χ3v) is 2.16. The van der Waals surface area contributed by atoms with E-state index in [1.54, 1.807) is 6.92 Å². The predicted molar refractivity (Wildman–Crippen MR) is 52.1 cm³/mol. The van der Waals surface area contributed by atoms with Gasteiger partial charge in [-0.25, -0.2) is 8.78 Å². The molecule has 0 rings (SSSR count). The Labute approximate surface area is 83.5 Å². The minimum Gasteiger partial charge on any atom is -0.385 e. The van der Waals surface area contributed by atoms with Crippen LogP contribution >= 0.6 is 0 Å². The van der Waals surface area contributed by atoms with Crippen molar-refractivity contribution in [1.29, 1.82) is 0 Å². The van der Waals surface area contributed by atoms with Crippen molar-refractivity contribution in [2.75, 3.05) is 6.54 Å². The molecule has 0 aromatic carbocycles. The molecular formula is C9H20F2N2O. The Morgan fingerprint density at radius 1 is 1.43 bits per heavy atom. The second kappa shape index (κ2) is 6.27. The molecule has 0 bridgehead atoms. The van der Waals surface area contributed by atoms with Crippen molar-refractivity contribution in [3.63, 3.8) is 0 Å². The van der Waals surface area contributed by atoms with Gasteiger partial charge in [0.25, 0.3) is 5.92 Å². The van der Waals surface area contributed by atoms with Gasteiger partial charge in [0.05, 0.1) is 0 Å². The average molecular weight is 210 g/mol. The number of hydrogen-bond acceptors (Lipinski definition) is 3. The van der Waals surface area contributed by atoms with Crippen LogP contribution in [0.1, 0.15) is 32.6 Å². The van der Waals surface area contributed by atoms with E-state index < -0.39 is 18.1 Å². The average Bonchev–Trinajstić information content (AvgIpc) is 2.12. The maximum atomic E-state index is 13.1. The first kappa shape index (κ1) is 13.7. The Balaban J connectivity index is 4.07. The van der Waals surface area contributed by atoms with Crippen molar-refractivity contribution >= 4 is 0 Å². The first-order valence-corrected chi connectivity index (χ1v) is 4.97. The second-order valence-electron chi connectivity index (χ2n) is 3.55. The number of nitrogens with two attached hydrogens (primary N) is 2. The van der Waals surface area contributed by atoms with E-state index in [1.165, 1.54) is 0 Å². The van der Waals surface area contributed by atoms with Crippen molar-refractivity contribution in [3.8, 4) is 0 Å². The highest BCUT2D eigenvalue weighted by Crippen LogP contribution is 2.27. The molecule has 0 heterocycles. The van der Waals surface area contributed by atoms with E-state index in [4.69, 9.17) is 11.5 Å². The molecule has 0 aromatic rings. The Morgan fingerprint density at radius 3 is 2.43 bits per heavy atom. The molecule has 0 saturated carbocycles. The lowest BCUT2D eigenvalue weighted by Gasteiger charge is -2.26. The molecule has 0 fully saturated rings. The lowest BCUT2D eigenvalue weighted by Crippen LogP contribution is -2.47. The first-order valence-electron chi connectivity index (χ1n) is 4.97. The molecule has 0 saturated heterocycles. The molecule has 0 aliphatic rings. The Morgan fingerprint density at radius 2 is 2.00 bits per heavy atom. The molecule has 14 heavy (non-hydrogen) atoms. The highest BCUT2D eigenvalue weighted by Gasteiger charge is 2.40. The van der Waals surface area contributed by atoms with Crippen molar-refractivity contribution in [2.45, 2.75) is 50.7 Å². The number of aliphatic hydroxyl groups excluding tert-OH is 1. The van der Waals surface area contributed by atoms with Crippen LogP contribution in [0.25, 0.3) is 0 Å². The highest BCUT2D eigenvalue weighted by atomic mass is 19.3. The van der Waals surface area contributed by atoms with E-state index in [2.05, 4.69) is 0 Å². The van der Waals surface area contributed by atoms with E-state index >= 15 is 0 Å². The summed E-state index contributed by atoms with van der Waals surface area (Å²) in [4.78, 5) is 0. The first-order chi connectivity index (χ1) is 6.45. The predicted octanol–water partition coefficient (Wildman–Crippen LogP) is 0.849. The largest absolute Gasteiger partial charge is 0.385 e. The molecule has 0 radical (unpaired) electrons. The van der Waals surface area contributed by atoms with E-state index in [1.807, 2.05) is 0 Å². The van der Waals surface area contributed by atoms with E-state index in [0.29, 0.717) is 25.8 Å². The van der Waals surface area contributed by atoms with Crippen molar-refractivity contribution in [2.24, 2.45) is 11.5 Å². The molecule has 0 aromatic heterocycles. The summed E-state index contributed by atoms with van der Waals surface area (Å²) >= 11 is 0. The summed E-state index contributed by atoms with van der Waals surface area (Å²) in [6.07, 6.45) is -0.871. The summed E-state index contributed by atoms with van der Waals surface area (Å²) in [5.74, 6) is -3.08. The van der Waals surface area contributed by atoms with Crippen molar-refractivity contribution < 1.29 is 13.9 Å². The number of hydrogen-bond donors (Lipinski definition) is 3. The fourth-order valence-electron chi connectivity index (χ4n) is 1.31. The summed E-state index contributed by atoms with van der Waals surface area (Å²) in [5.41, 5.74) is 10.7. The van der Waals surface area contributed by atoms with Crippen molar-refractivity contribution in [3.05, 3.63) is 0 Å². The molecule has 5 N–H and O–H groups in total. The van der Waals surface area contributed by atoms with Crippen LogP contribution in [-0.2, 0) is 0 Å². The van der Waals surface area contributed by atoms with Crippen molar-refractivity contribution in [1.82, 2.24) is 0 Å². The third-order valence-electron chi connectivity index (χ3n) is 2.16. The van der Waals surface area contributed by atoms with Gasteiger partial charge in [-0.2, -0.15) is 0 Å². The van der Waals surface area contributed by atoms with Gasteiger partial charge >= 0.3 is 0 Å². The molecule has 2 unspecified atom stereocenters. The lowest BCUT2D eigenvalue weighted by molar-refractivity contribution is -0.123. The number of alkyl halides is 2. The van der Waals surface area contributed by atoms with E-state index in [9.17, 15) is 13.9 Å². The Hall–Kier alpha value is -0.260.